The molecule has 0 amide bonds. The van der Waals surface area contributed by atoms with Gasteiger partial charge in [0.2, 0.25) is 0 Å². The van der Waals surface area contributed by atoms with Gasteiger partial charge in [0.05, 0.1) is 6.10 Å². The van der Waals surface area contributed by atoms with E-state index in [4.69, 9.17) is 9.84 Å². The van der Waals surface area contributed by atoms with Crippen molar-refractivity contribution < 1.29 is 19.7 Å². The highest BCUT2D eigenvalue weighted by molar-refractivity contribution is 5.66. The second-order valence-corrected chi connectivity index (χ2v) is 4.43. The Morgan fingerprint density at radius 1 is 1.00 bits per heavy atom. The van der Waals surface area contributed by atoms with Crippen molar-refractivity contribution in [3.05, 3.63) is 60.2 Å². The Balaban J connectivity index is 1.97. The molecular formula is C16H16O4. The number of benzene rings is 2. The number of carboxylic acid groups (broad SMARTS) is 1. The lowest BCUT2D eigenvalue weighted by atomic mass is 10.1. The summed E-state index contributed by atoms with van der Waals surface area (Å²) in [4.78, 5) is 10.5. The van der Waals surface area contributed by atoms with Crippen molar-refractivity contribution in [2.75, 3.05) is 0 Å². The first-order chi connectivity index (χ1) is 9.65. The number of aliphatic carboxylic acids is 1. The van der Waals surface area contributed by atoms with Gasteiger partial charge in [0.1, 0.15) is 11.5 Å². The fraction of sp³-hybridized carbons (Fsp3) is 0.188. The van der Waals surface area contributed by atoms with E-state index in [1.807, 2.05) is 30.3 Å². The molecule has 0 radical (unpaired) electrons. The number of hydrogen-bond acceptors (Lipinski definition) is 3. The van der Waals surface area contributed by atoms with Crippen LogP contribution in [0.4, 0.5) is 0 Å². The molecule has 4 heteroatoms. The van der Waals surface area contributed by atoms with Crippen molar-refractivity contribution in [3.63, 3.8) is 0 Å². The van der Waals surface area contributed by atoms with E-state index in [-0.39, 0.29) is 12.8 Å². The van der Waals surface area contributed by atoms with Crippen LogP contribution in [-0.2, 0) is 4.79 Å². The van der Waals surface area contributed by atoms with Crippen LogP contribution in [0.3, 0.4) is 0 Å². The van der Waals surface area contributed by atoms with Gasteiger partial charge in [0.15, 0.2) is 0 Å². The van der Waals surface area contributed by atoms with Crippen LogP contribution in [0.15, 0.2) is 54.6 Å². The monoisotopic (exact) mass is 272 g/mol. The second kappa shape index (κ2) is 6.73. The first kappa shape index (κ1) is 14.1. The summed E-state index contributed by atoms with van der Waals surface area (Å²) >= 11 is 0. The molecule has 2 aromatic carbocycles. The normalized spacial score (nSPS) is 11.8. The minimum Gasteiger partial charge on any atom is -0.481 e. The fourth-order valence-electron chi connectivity index (χ4n) is 1.81. The second-order valence-electron chi connectivity index (χ2n) is 4.43. The van der Waals surface area contributed by atoms with Gasteiger partial charge in [0.25, 0.3) is 0 Å². The maximum absolute atomic E-state index is 10.5. The highest BCUT2D eigenvalue weighted by Gasteiger charge is 2.09. The standard InChI is InChI=1S/C16H16O4/c17-15(10-11-16(18)19)12-6-8-14(9-7-12)20-13-4-2-1-3-5-13/h1-9,15,17H,10-11H2,(H,18,19). The van der Waals surface area contributed by atoms with Crippen LogP contribution in [0.2, 0.25) is 0 Å². The Morgan fingerprint density at radius 3 is 2.20 bits per heavy atom. The quantitative estimate of drug-likeness (QED) is 0.846. The first-order valence-corrected chi connectivity index (χ1v) is 6.38. The van der Waals surface area contributed by atoms with E-state index >= 15 is 0 Å². The van der Waals surface area contributed by atoms with E-state index in [0.29, 0.717) is 11.3 Å². The number of ether oxygens (including phenoxy) is 1. The highest BCUT2D eigenvalue weighted by Crippen LogP contribution is 2.24. The smallest absolute Gasteiger partial charge is 0.303 e. The molecule has 0 aromatic heterocycles. The summed E-state index contributed by atoms with van der Waals surface area (Å²) in [6.45, 7) is 0. The minimum atomic E-state index is -0.909. The third-order valence-electron chi connectivity index (χ3n) is 2.88. The van der Waals surface area contributed by atoms with Crippen LogP contribution >= 0.6 is 0 Å². The predicted octanol–water partition coefficient (Wildman–Crippen LogP) is 3.38. The van der Waals surface area contributed by atoms with Gasteiger partial charge < -0.3 is 14.9 Å². The molecule has 20 heavy (non-hydrogen) atoms. The Morgan fingerprint density at radius 2 is 1.60 bits per heavy atom. The largest absolute Gasteiger partial charge is 0.481 e. The van der Waals surface area contributed by atoms with Gasteiger partial charge in [0, 0.05) is 6.42 Å². The van der Waals surface area contributed by atoms with Crippen LogP contribution in [0.25, 0.3) is 0 Å². The van der Waals surface area contributed by atoms with Gasteiger partial charge >= 0.3 is 5.97 Å². The summed E-state index contributed by atoms with van der Waals surface area (Å²) in [6.07, 6.45) is -0.616. The minimum absolute atomic E-state index is 0.0521. The lowest BCUT2D eigenvalue weighted by molar-refractivity contribution is -0.137. The topological polar surface area (TPSA) is 66.8 Å². The molecule has 2 rings (SSSR count). The molecular weight excluding hydrogens is 256 g/mol. The zero-order valence-corrected chi connectivity index (χ0v) is 10.9. The molecule has 1 atom stereocenters. The van der Waals surface area contributed by atoms with Crippen molar-refractivity contribution >= 4 is 5.97 Å². The Bertz CT molecular complexity index is 548. The molecule has 0 aliphatic rings. The molecule has 0 aliphatic carbocycles. The molecule has 2 aromatic rings. The molecule has 1 unspecified atom stereocenters. The highest BCUT2D eigenvalue weighted by atomic mass is 16.5. The number of hydrogen-bond donors (Lipinski definition) is 2. The fourth-order valence-corrected chi connectivity index (χ4v) is 1.81. The van der Waals surface area contributed by atoms with E-state index in [1.165, 1.54) is 0 Å². The van der Waals surface area contributed by atoms with Crippen LogP contribution in [0.5, 0.6) is 11.5 Å². The van der Waals surface area contributed by atoms with E-state index < -0.39 is 12.1 Å². The van der Waals surface area contributed by atoms with Crippen LogP contribution in [0, 0.1) is 0 Å². The summed E-state index contributed by atoms with van der Waals surface area (Å²) in [6, 6.07) is 16.4. The third-order valence-corrected chi connectivity index (χ3v) is 2.88. The average molecular weight is 272 g/mol. The van der Waals surface area contributed by atoms with Crippen molar-refractivity contribution in [1.82, 2.24) is 0 Å². The molecule has 4 nitrogen and oxygen atoms in total. The molecule has 0 aliphatic heterocycles. The molecule has 0 fully saturated rings. The van der Waals surface area contributed by atoms with Gasteiger partial charge in [-0.2, -0.15) is 0 Å². The summed E-state index contributed by atoms with van der Waals surface area (Å²) in [5, 5.41) is 18.4. The van der Waals surface area contributed by atoms with Crippen molar-refractivity contribution in [1.29, 1.82) is 0 Å². The molecule has 0 saturated heterocycles. The molecule has 0 heterocycles. The molecule has 104 valence electrons. The molecule has 2 N–H and O–H groups in total. The number of aliphatic hydroxyl groups excluding tert-OH is 1. The predicted molar refractivity (Wildman–Crippen MR) is 74.8 cm³/mol. The average Bonchev–Trinajstić information content (AvgIpc) is 2.46. The number of carbonyl (C=O) groups is 1. The van der Waals surface area contributed by atoms with Crippen LogP contribution in [-0.4, -0.2) is 16.2 Å². The lowest BCUT2D eigenvalue weighted by Crippen LogP contribution is -2.02. The molecule has 0 bridgehead atoms. The third kappa shape index (κ3) is 4.10. The van der Waals surface area contributed by atoms with E-state index in [1.54, 1.807) is 24.3 Å². The summed E-state index contributed by atoms with van der Waals surface area (Å²) in [5.74, 6) is 0.505. The summed E-state index contributed by atoms with van der Waals surface area (Å²) in [7, 11) is 0. The number of rotatable bonds is 6. The van der Waals surface area contributed by atoms with E-state index in [9.17, 15) is 9.90 Å². The van der Waals surface area contributed by atoms with Gasteiger partial charge in [-0.3, -0.25) is 4.79 Å². The van der Waals surface area contributed by atoms with Gasteiger partial charge in [-0.15, -0.1) is 0 Å². The molecule has 0 spiro atoms. The maximum Gasteiger partial charge on any atom is 0.303 e. The summed E-state index contributed by atoms with van der Waals surface area (Å²) < 4.78 is 5.64. The number of carboxylic acids is 1. The first-order valence-electron chi connectivity index (χ1n) is 6.38. The van der Waals surface area contributed by atoms with E-state index in [0.717, 1.165) is 5.75 Å². The SMILES string of the molecule is O=C(O)CCC(O)c1ccc(Oc2ccccc2)cc1. The Hall–Kier alpha value is -2.33. The lowest BCUT2D eigenvalue weighted by Gasteiger charge is -2.11. The Labute approximate surface area is 117 Å². The van der Waals surface area contributed by atoms with Crippen LogP contribution in [0.1, 0.15) is 24.5 Å². The van der Waals surface area contributed by atoms with E-state index in [2.05, 4.69) is 0 Å². The van der Waals surface area contributed by atoms with Gasteiger partial charge in [-0.25, -0.2) is 0 Å². The molecule has 0 saturated carbocycles. The van der Waals surface area contributed by atoms with Crippen molar-refractivity contribution in [3.8, 4) is 11.5 Å². The summed E-state index contributed by atoms with van der Waals surface area (Å²) in [5.41, 5.74) is 0.687. The zero-order valence-electron chi connectivity index (χ0n) is 10.9. The number of para-hydroxylation sites is 1. The van der Waals surface area contributed by atoms with Crippen LogP contribution < -0.4 is 4.74 Å². The maximum atomic E-state index is 10.5. The van der Waals surface area contributed by atoms with Gasteiger partial charge in [-0.05, 0) is 36.2 Å². The zero-order chi connectivity index (χ0) is 14.4. The van der Waals surface area contributed by atoms with Crippen molar-refractivity contribution in [2.45, 2.75) is 18.9 Å². The Kier molecular flexibility index (Phi) is 4.74. The number of aliphatic hydroxyl groups is 1. The van der Waals surface area contributed by atoms with Crippen molar-refractivity contribution in [2.24, 2.45) is 0 Å². The van der Waals surface area contributed by atoms with Gasteiger partial charge in [-0.1, -0.05) is 30.3 Å².